The van der Waals surface area contributed by atoms with Gasteiger partial charge in [0.2, 0.25) is 5.43 Å². The first-order valence-electron chi connectivity index (χ1n) is 10.5. The van der Waals surface area contributed by atoms with Crippen molar-refractivity contribution in [2.45, 2.75) is 53.2 Å². The van der Waals surface area contributed by atoms with Crippen LogP contribution in [-0.2, 0) is 22.5 Å². The number of carbonyl (C=O) groups is 2. The smallest absolute Gasteiger partial charge is 0.410 e. The number of anilines is 1. The number of hydrogen-bond acceptors (Lipinski definition) is 7. The normalized spacial score (nSPS) is 14.7. The largest absolute Gasteiger partial charge is 0.480 e. The molecule has 1 amide bonds. The molecule has 0 aromatic carbocycles. The highest BCUT2D eigenvalue weighted by atomic mass is 79.9. The zero-order valence-electron chi connectivity index (χ0n) is 18.9. The van der Waals surface area contributed by atoms with Gasteiger partial charge in [0.1, 0.15) is 22.4 Å². The molecule has 0 spiro atoms. The molecular formula is C21H28BrN5O5. The Balaban J connectivity index is 2.04. The number of carbonyl (C=O) groups excluding carboxylic acids is 1. The van der Waals surface area contributed by atoms with Gasteiger partial charge < -0.3 is 24.2 Å². The third kappa shape index (κ3) is 4.87. The monoisotopic (exact) mass is 509 g/mol. The molecule has 1 aliphatic heterocycles. The van der Waals surface area contributed by atoms with Crippen LogP contribution in [0.25, 0.3) is 11.2 Å². The summed E-state index contributed by atoms with van der Waals surface area (Å²) < 4.78 is 7.44. The van der Waals surface area contributed by atoms with E-state index in [1.807, 2.05) is 32.6 Å². The molecule has 1 aliphatic rings. The van der Waals surface area contributed by atoms with Crippen LogP contribution in [0.3, 0.4) is 0 Å². The van der Waals surface area contributed by atoms with Crippen molar-refractivity contribution in [2.24, 2.45) is 0 Å². The molecule has 0 unspecified atom stereocenters. The van der Waals surface area contributed by atoms with Crippen molar-refractivity contribution >= 4 is 44.8 Å². The molecule has 0 bridgehead atoms. The molecule has 174 valence electrons. The standard InChI is InChI=1S/C21H28BrN5O5/c1-6-13-16(25-7-9-26(10-8-25)20(31)32-21(3,4)5)17(30)15-19(27(13)11-14(28)29)23-12(2)18(22)24-15/h6-11H2,1-5H3,(H,28,29). The number of rotatable bonds is 4. The number of nitrogens with zero attached hydrogens (tertiary/aromatic N) is 5. The zero-order valence-corrected chi connectivity index (χ0v) is 20.5. The number of aromatic nitrogens is 3. The van der Waals surface area contributed by atoms with Crippen LogP contribution in [0.5, 0.6) is 0 Å². The van der Waals surface area contributed by atoms with Crippen molar-refractivity contribution in [1.82, 2.24) is 19.4 Å². The van der Waals surface area contributed by atoms with E-state index in [0.717, 1.165) is 0 Å². The molecule has 32 heavy (non-hydrogen) atoms. The fraction of sp³-hybridized carbons (Fsp3) is 0.571. The van der Waals surface area contributed by atoms with E-state index in [4.69, 9.17) is 4.74 Å². The van der Waals surface area contributed by atoms with E-state index < -0.39 is 11.6 Å². The Labute approximate surface area is 194 Å². The van der Waals surface area contributed by atoms with Crippen LogP contribution in [0, 0.1) is 6.92 Å². The number of ether oxygens (including phenoxy) is 1. The number of amides is 1. The molecule has 1 fully saturated rings. The summed E-state index contributed by atoms with van der Waals surface area (Å²) >= 11 is 3.32. The van der Waals surface area contributed by atoms with Gasteiger partial charge in [-0.3, -0.25) is 9.59 Å². The number of carboxylic acids is 1. The van der Waals surface area contributed by atoms with E-state index in [2.05, 4.69) is 25.9 Å². The van der Waals surface area contributed by atoms with Gasteiger partial charge in [0, 0.05) is 31.9 Å². The lowest BCUT2D eigenvalue weighted by atomic mass is 10.1. The third-order valence-electron chi connectivity index (χ3n) is 5.15. The number of hydrogen-bond donors (Lipinski definition) is 1. The van der Waals surface area contributed by atoms with E-state index in [0.29, 0.717) is 54.3 Å². The van der Waals surface area contributed by atoms with Gasteiger partial charge in [-0.25, -0.2) is 14.8 Å². The first-order chi connectivity index (χ1) is 14.9. The minimum absolute atomic E-state index is 0.116. The van der Waals surface area contributed by atoms with Gasteiger partial charge in [0.25, 0.3) is 0 Å². The minimum Gasteiger partial charge on any atom is -0.480 e. The first-order valence-corrected chi connectivity index (χ1v) is 11.3. The SMILES string of the molecule is CCc1c(N2CCN(C(=O)OC(C)(C)C)CC2)c(=O)c2nc(Br)c(C)nc2n1CC(=O)O. The second-order valence-corrected chi connectivity index (χ2v) is 9.44. The summed E-state index contributed by atoms with van der Waals surface area (Å²) in [5.41, 5.74) is 1.06. The average Bonchev–Trinajstić information content (AvgIpc) is 2.70. The summed E-state index contributed by atoms with van der Waals surface area (Å²) in [5, 5.41) is 9.50. The molecule has 2 aromatic heterocycles. The number of piperazine rings is 1. The second kappa shape index (κ2) is 9.05. The van der Waals surface area contributed by atoms with E-state index in [1.165, 1.54) is 0 Å². The summed E-state index contributed by atoms with van der Waals surface area (Å²) in [7, 11) is 0. The van der Waals surface area contributed by atoms with Gasteiger partial charge in [0.05, 0.1) is 5.69 Å². The van der Waals surface area contributed by atoms with Crippen molar-refractivity contribution in [3.05, 3.63) is 26.2 Å². The molecule has 2 aromatic rings. The maximum Gasteiger partial charge on any atom is 0.410 e. The van der Waals surface area contributed by atoms with Crippen molar-refractivity contribution in [2.75, 3.05) is 31.1 Å². The first kappa shape index (κ1) is 24.0. The topological polar surface area (TPSA) is 118 Å². The number of aliphatic carboxylic acids is 1. The van der Waals surface area contributed by atoms with Crippen molar-refractivity contribution in [3.8, 4) is 0 Å². The molecular weight excluding hydrogens is 482 g/mol. The molecule has 0 saturated carbocycles. The molecule has 3 heterocycles. The van der Waals surface area contributed by atoms with Crippen LogP contribution in [0.15, 0.2) is 9.40 Å². The van der Waals surface area contributed by atoms with E-state index in [-0.39, 0.29) is 29.2 Å². The summed E-state index contributed by atoms with van der Waals surface area (Å²) in [4.78, 5) is 49.8. The quantitative estimate of drug-likeness (QED) is 0.667. The van der Waals surface area contributed by atoms with Crippen molar-refractivity contribution in [1.29, 1.82) is 0 Å². The summed E-state index contributed by atoms with van der Waals surface area (Å²) in [6.45, 7) is 10.3. The van der Waals surface area contributed by atoms with Gasteiger partial charge in [-0.15, -0.1) is 0 Å². The lowest BCUT2D eigenvalue weighted by Gasteiger charge is -2.37. The lowest BCUT2D eigenvalue weighted by Crippen LogP contribution is -2.51. The van der Waals surface area contributed by atoms with Crippen LogP contribution >= 0.6 is 15.9 Å². The summed E-state index contributed by atoms with van der Waals surface area (Å²) in [6, 6.07) is 0. The maximum absolute atomic E-state index is 13.5. The Morgan fingerprint density at radius 1 is 1.16 bits per heavy atom. The lowest BCUT2D eigenvalue weighted by molar-refractivity contribution is -0.137. The second-order valence-electron chi connectivity index (χ2n) is 8.68. The minimum atomic E-state index is -1.03. The van der Waals surface area contributed by atoms with Crippen LogP contribution in [0.4, 0.5) is 10.5 Å². The highest BCUT2D eigenvalue weighted by molar-refractivity contribution is 9.10. The van der Waals surface area contributed by atoms with Gasteiger partial charge in [-0.05, 0) is 50.0 Å². The highest BCUT2D eigenvalue weighted by Crippen LogP contribution is 2.25. The fourth-order valence-corrected chi connectivity index (χ4v) is 4.02. The van der Waals surface area contributed by atoms with E-state index in [1.54, 1.807) is 16.4 Å². The number of aryl methyl sites for hydroxylation is 1. The molecule has 10 nitrogen and oxygen atoms in total. The zero-order chi connectivity index (χ0) is 23.8. The van der Waals surface area contributed by atoms with Gasteiger partial charge in [-0.2, -0.15) is 0 Å². The molecule has 0 aliphatic carbocycles. The van der Waals surface area contributed by atoms with Gasteiger partial charge in [0.15, 0.2) is 11.2 Å². The Kier molecular flexibility index (Phi) is 6.77. The van der Waals surface area contributed by atoms with Gasteiger partial charge in [-0.1, -0.05) is 6.92 Å². The highest BCUT2D eigenvalue weighted by Gasteiger charge is 2.30. The fourth-order valence-electron chi connectivity index (χ4n) is 3.76. The van der Waals surface area contributed by atoms with Crippen molar-refractivity contribution in [3.63, 3.8) is 0 Å². The Morgan fingerprint density at radius 2 is 1.78 bits per heavy atom. The molecule has 0 radical (unpaired) electrons. The number of halogens is 1. The predicted octanol–water partition coefficient (Wildman–Crippen LogP) is 2.57. The Bertz CT molecular complexity index is 1120. The number of fused-ring (bicyclic) bond motifs is 1. The van der Waals surface area contributed by atoms with Crippen molar-refractivity contribution < 1.29 is 19.4 Å². The number of pyridine rings is 1. The van der Waals surface area contributed by atoms with E-state index >= 15 is 0 Å². The molecule has 11 heteroatoms. The number of carboxylic acid groups (broad SMARTS) is 1. The Morgan fingerprint density at radius 3 is 2.31 bits per heavy atom. The third-order valence-corrected chi connectivity index (χ3v) is 5.91. The van der Waals surface area contributed by atoms with Crippen LogP contribution < -0.4 is 10.3 Å². The molecule has 3 rings (SSSR count). The Hall–Kier alpha value is -2.69. The summed E-state index contributed by atoms with van der Waals surface area (Å²) in [5.74, 6) is -1.03. The van der Waals surface area contributed by atoms with Crippen LogP contribution in [0.2, 0.25) is 0 Å². The summed E-state index contributed by atoms with van der Waals surface area (Å²) in [6.07, 6.45) is 0.0524. The van der Waals surface area contributed by atoms with E-state index in [9.17, 15) is 19.5 Å². The van der Waals surface area contributed by atoms with Crippen LogP contribution in [0.1, 0.15) is 39.1 Å². The maximum atomic E-state index is 13.5. The molecule has 1 N–H and O–H groups in total. The average molecular weight is 510 g/mol. The predicted molar refractivity (Wildman–Crippen MR) is 123 cm³/mol. The van der Waals surface area contributed by atoms with Crippen LogP contribution in [-0.4, -0.2) is 68.4 Å². The molecule has 1 saturated heterocycles. The molecule has 0 atom stereocenters. The van der Waals surface area contributed by atoms with Gasteiger partial charge >= 0.3 is 12.1 Å².